The number of ether oxygens (including phenoxy) is 1. The van der Waals surface area contributed by atoms with Crippen LogP contribution in [0.2, 0.25) is 0 Å². The zero-order chi connectivity index (χ0) is 21.1. The Bertz CT molecular complexity index is 1070. The summed E-state index contributed by atoms with van der Waals surface area (Å²) >= 11 is 1.42. The van der Waals surface area contributed by atoms with Crippen LogP contribution in [0.15, 0.2) is 53.9 Å². The van der Waals surface area contributed by atoms with Gasteiger partial charge in [0.05, 0.1) is 23.2 Å². The van der Waals surface area contributed by atoms with Gasteiger partial charge in [-0.25, -0.2) is 4.98 Å². The van der Waals surface area contributed by atoms with Crippen molar-refractivity contribution in [1.29, 1.82) is 0 Å². The number of amides is 2. The minimum Gasteiger partial charge on any atom is -0.459 e. The molecule has 1 N–H and O–H groups in total. The molecule has 0 unspecified atom stereocenters. The first-order valence-corrected chi connectivity index (χ1v) is 10.3. The second-order valence-electron chi connectivity index (χ2n) is 6.85. The van der Waals surface area contributed by atoms with Crippen LogP contribution in [0.25, 0.3) is 0 Å². The van der Waals surface area contributed by atoms with E-state index in [4.69, 9.17) is 4.74 Å². The highest BCUT2D eigenvalue weighted by molar-refractivity contribution is 7.13. The molecule has 2 aromatic carbocycles. The molecule has 0 saturated heterocycles. The first-order valence-electron chi connectivity index (χ1n) is 9.40. The van der Waals surface area contributed by atoms with E-state index in [1.54, 1.807) is 24.3 Å². The minimum atomic E-state index is -0.493. The predicted octanol–water partition coefficient (Wildman–Crippen LogP) is 3.92. The van der Waals surface area contributed by atoms with E-state index >= 15 is 0 Å². The van der Waals surface area contributed by atoms with Gasteiger partial charge in [-0.2, -0.15) is 0 Å². The number of aryl methyl sites for hydroxylation is 1. The van der Waals surface area contributed by atoms with Crippen LogP contribution in [0.5, 0.6) is 0 Å². The maximum Gasteiger partial charge on any atom is 0.307 e. The molecular formula is C22H19N3O4S. The number of benzene rings is 2. The number of hydrogen-bond acceptors (Lipinski definition) is 7. The van der Waals surface area contributed by atoms with Gasteiger partial charge < -0.3 is 10.1 Å². The molecule has 2 amide bonds. The topological polar surface area (TPSA) is 88.6 Å². The van der Waals surface area contributed by atoms with E-state index in [0.717, 1.165) is 10.6 Å². The zero-order valence-electron chi connectivity index (χ0n) is 16.3. The van der Waals surface area contributed by atoms with Gasteiger partial charge in [0.1, 0.15) is 6.61 Å². The summed E-state index contributed by atoms with van der Waals surface area (Å²) in [7, 11) is 0. The lowest BCUT2D eigenvalue weighted by molar-refractivity contribution is -0.145. The van der Waals surface area contributed by atoms with Crippen molar-refractivity contribution >= 4 is 39.9 Å². The predicted molar refractivity (Wildman–Crippen MR) is 113 cm³/mol. The van der Waals surface area contributed by atoms with Crippen LogP contribution < -0.4 is 5.32 Å². The highest BCUT2D eigenvalue weighted by atomic mass is 32.1. The maximum absolute atomic E-state index is 12.3. The van der Waals surface area contributed by atoms with Crippen molar-refractivity contribution in [3.8, 4) is 0 Å². The Morgan fingerprint density at radius 2 is 1.73 bits per heavy atom. The number of carbonyl (C=O) groups excluding carboxylic acids is 3. The standard InChI is InChI=1S/C22H19N3O4S/c1-14-6-8-15(9-7-14)23-22-24-16(13-30-22)12-29-19(26)10-11-25-20(27)17-4-2-3-5-18(17)21(25)28/h2-9,13H,10-12H2,1H3,(H,23,24). The third-order valence-electron chi connectivity index (χ3n) is 4.65. The molecule has 1 aliphatic heterocycles. The second-order valence-corrected chi connectivity index (χ2v) is 7.71. The van der Waals surface area contributed by atoms with Crippen LogP contribution in [0.3, 0.4) is 0 Å². The number of rotatable bonds is 7. The average molecular weight is 421 g/mol. The number of hydrogen-bond donors (Lipinski definition) is 1. The van der Waals surface area contributed by atoms with Crippen molar-refractivity contribution in [1.82, 2.24) is 9.88 Å². The Morgan fingerprint density at radius 3 is 2.40 bits per heavy atom. The third kappa shape index (κ3) is 4.23. The average Bonchev–Trinajstić information content (AvgIpc) is 3.30. The lowest BCUT2D eigenvalue weighted by Gasteiger charge is -2.12. The lowest BCUT2D eigenvalue weighted by Crippen LogP contribution is -2.32. The highest BCUT2D eigenvalue weighted by Crippen LogP contribution is 2.23. The van der Waals surface area contributed by atoms with Gasteiger partial charge in [-0.15, -0.1) is 11.3 Å². The summed E-state index contributed by atoms with van der Waals surface area (Å²) in [4.78, 5) is 42.2. The molecule has 1 aromatic heterocycles. The summed E-state index contributed by atoms with van der Waals surface area (Å²) in [6.45, 7) is 2.05. The Labute approximate surface area is 177 Å². The van der Waals surface area contributed by atoms with Gasteiger partial charge in [0.15, 0.2) is 5.13 Å². The highest BCUT2D eigenvalue weighted by Gasteiger charge is 2.35. The second kappa shape index (κ2) is 8.46. The molecule has 0 atom stereocenters. The van der Waals surface area contributed by atoms with Gasteiger partial charge in [-0.05, 0) is 31.2 Å². The number of thiazole rings is 1. The van der Waals surface area contributed by atoms with Crippen LogP contribution in [0, 0.1) is 6.92 Å². The van der Waals surface area contributed by atoms with Gasteiger partial charge in [0.2, 0.25) is 0 Å². The number of aromatic nitrogens is 1. The number of imide groups is 1. The van der Waals surface area contributed by atoms with Gasteiger partial charge in [0, 0.05) is 17.6 Å². The summed E-state index contributed by atoms with van der Waals surface area (Å²) in [6.07, 6.45) is -0.0654. The molecular weight excluding hydrogens is 402 g/mol. The van der Waals surface area contributed by atoms with Crippen molar-refractivity contribution in [2.75, 3.05) is 11.9 Å². The van der Waals surface area contributed by atoms with Gasteiger partial charge in [-0.1, -0.05) is 29.8 Å². The Morgan fingerprint density at radius 1 is 1.07 bits per heavy atom. The Hall–Kier alpha value is -3.52. The van der Waals surface area contributed by atoms with Crippen molar-refractivity contribution in [3.05, 3.63) is 76.3 Å². The summed E-state index contributed by atoms with van der Waals surface area (Å²) in [6, 6.07) is 14.6. The molecule has 1 aliphatic rings. The molecule has 0 fully saturated rings. The number of anilines is 2. The van der Waals surface area contributed by atoms with Crippen LogP contribution in [0.1, 0.15) is 38.4 Å². The van der Waals surface area contributed by atoms with Gasteiger partial charge in [-0.3, -0.25) is 19.3 Å². The molecule has 7 nitrogen and oxygen atoms in total. The fourth-order valence-corrected chi connectivity index (χ4v) is 3.78. The molecule has 4 rings (SSSR count). The Kier molecular flexibility index (Phi) is 5.58. The first-order chi connectivity index (χ1) is 14.5. The number of carbonyl (C=O) groups is 3. The van der Waals surface area contributed by atoms with Crippen LogP contribution in [0.4, 0.5) is 10.8 Å². The fraction of sp³-hybridized carbons (Fsp3) is 0.182. The van der Waals surface area contributed by atoms with E-state index in [0.29, 0.717) is 22.0 Å². The van der Waals surface area contributed by atoms with E-state index in [2.05, 4.69) is 10.3 Å². The number of nitrogens with one attached hydrogen (secondary N) is 1. The van der Waals surface area contributed by atoms with E-state index in [-0.39, 0.29) is 31.4 Å². The quantitative estimate of drug-likeness (QED) is 0.459. The van der Waals surface area contributed by atoms with Crippen LogP contribution >= 0.6 is 11.3 Å². The van der Waals surface area contributed by atoms with Crippen LogP contribution in [-0.4, -0.2) is 34.2 Å². The summed E-state index contributed by atoms with van der Waals surface area (Å²) in [5.74, 6) is -1.25. The summed E-state index contributed by atoms with van der Waals surface area (Å²) < 4.78 is 5.24. The molecule has 8 heteroatoms. The molecule has 0 radical (unpaired) electrons. The third-order valence-corrected chi connectivity index (χ3v) is 5.46. The first kappa shape index (κ1) is 19.8. The smallest absolute Gasteiger partial charge is 0.307 e. The fourth-order valence-electron chi connectivity index (χ4n) is 3.06. The number of nitrogens with zero attached hydrogens (tertiary/aromatic N) is 2. The van der Waals surface area contributed by atoms with Crippen molar-refractivity contribution in [2.45, 2.75) is 20.0 Å². The van der Waals surface area contributed by atoms with Crippen molar-refractivity contribution in [2.24, 2.45) is 0 Å². The monoisotopic (exact) mass is 421 g/mol. The lowest BCUT2D eigenvalue weighted by atomic mass is 10.1. The Balaban J connectivity index is 1.26. The van der Waals surface area contributed by atoms with E-state index < -0.39 is 5.97 Å². The summed E-state index contributed by atoms with van der Waals surface area (Å²) in [5, 5.41) is 5.72. The molecule has 3 aromatic rings. The van der Waals surface area contributed by atoms with E-state index in [1.165, 1.54) is 16.9 Å². The van der Waals surface area contributed by atoms with Crippen LogP contribution in [-0.2, 0) is 16.1 Å². The minimum absolute atomic E-state index is 0.0114. The van der Waals surface area contributed by atoms with E-state index in [9.17, 15) is 14.4 Å². The molecule has 30 heavy (non-hydrogen) atoms. The largest absolute Gasteiger partial charge is 0.459 e. The maximum atomic E-state index is 12.3. The molecule has 0 aliphatic carbocycles. The van der Waals surface area contributed by atoms with Gasteiger partial charge in [0.25, 0.3) is 11.8 Å². The molecule has 0 bridgehead atoms. The molecule has 2 heterocycles. The molecule has 152 valence electrons. The normalized spacial score (nSPS) is 12.8. The van der Waals surface area contributed by atoms with Crippen molar-refractivity contribution < 1.29 is 19.1 Å². The summed E-state index contributed by atoms with van der Waals surface area (Å²) in [5.41, 5.74) is 3.47. The van der Waals surface area contributed by atoms with Crippen molar-refractivity contribution in [3.63, 3.8) is 0 Å². The number of fused-ring (bicyclic) bond motifs is 1. The SMILES string of the molecule is Cc1ccc(Nc2nc(COC(=O)CCN3C(=O)c4ccccc4C3=O)cs2)cc1. The zero-order valence-corrected chi connectivity index (χ0v) is 17.1. The molecule has 0 saturated carbocycles. The van der Waals surface area contributed by atoms with E-state index in [1.807, 2.05) is 36.6 Å². The van der Waals surface area contributed by atoms with Gasteiger partial charge >= 0.3 is 5.97 Å². The molecule has 0 spiro atoms. The number of esters is 1.